The number of aryl methyl sites for hydroxylation is 2. The van der Waals surface area contributed by atoms with Gasteiger partial charge in [-0.2, -0.15) is 0 Å². The van der Waals surface area contributed by atoms with Crippen molar-refractivity contribution in [2.24, 2.45) is 5.16 Å². The zero-order valence-corrected chi connectivity index (χ0v) is 16.4. The van der Waals surface area contributed by atoms with Crippen LogP contribution in [0, 0.1) is 13.8 Å². The van der Waals surface area contributed by atoms with Gasteiger partial charge in [-0.15, -0.1) is 0 Å². The largest absolute Gasteiger partial charge is 0.490 e. The van der Waals surface area contributed by atoms with Gasteiger partial charge in [-0.1, -0.05) is 17.3 Å². The predicted octanol–water partition coefficient (Wildman–Crippen LogP) is 4.60. The Labute approximate surface area is 157 Å². The molecule has 1 aromatic rings. The summed E-state index contributed by atoms with van der Waals surface area (Å²) in [5.41, 5.74) is 2.24. The van der Waals surface area contributed by atoms with Gasteiger partial charge in [0.1, 0.15) is 25.2 Å². The first-order valence-corrected chi connectivity index (χ1v) is 9.32. The van der Waals surface area contributed by atoms with Crippen molar-refractivity contribution in [3.8, 4) is 11.5 Å². The van der Waals surface area contributed by atoms with Gasteiger partial charge in [0.25, 0.3) is 0 Å². The first-order valence-electron chi connectivity index (χ1n) is 9.32. The average Bonchev–Trinajstić information content (AvgIpc) is 2.63. The SMILES string of the molecule is C/C=C/COc1cc(C)c(OC2CCC(OC/C=N/OC)CC2)c(C)c1. The number of ether oxygens (including phenoxy) is 3. The lowest BCUT2D eigenvalue weighted by atomic mass is 9.94. The van der Waals surface area contributed by atoms with Crippen LogP contribution < -0.4 is 9.47 Å². The fourth-order valence-corrected chi connectivity index (χ4v) is 3.19. The monoisotopic (exact) mass is 361 g/mol. The summed E-state index contributed by atoms with van der Waals surface area (Å²) in [4.78, 5) is 4.63. The molecular weight excluding hydrogens is 330 g/mol. The lowest BCUT2D eigenvalue weighted by Gasteiger charge is -2.29. The molecule has 2 rings (SSSR count). The molecule has 0 aromatic heterocycles. The predicted molar refractivity (Wildman–Crippen MR) is 104 cm³/mol. The number of oxime groups is 1. The molecule has 0 radical (unpaired) electrons. The smallest absolute Gasteiger partial charge is 0.125 e. The quantitative estimate of drug-likeness (QED) is 0.366. The van der Waals surface area contributed by atoms with Crippen molar-refractivity contribution in [2.45, 2.75) is 58.7 Å². The van der Waals surface area contributed by atoms with Crippen LogP contribution in [0.15, 0.2) is 29.4 Å². The fraction of sp³-hybridized carbons (Fsp3) is 0.571. The molecule has 26 heavy (non-hydrogen) atoms. The van der Waals surface area contributed by atoms with Crippen LogP contribution in [0.2, 0.25) is 0 Å². The van der Waals surface area contributed by atoms with Crippen LogP contribution in [0.25, 0.3) is 0 Å². The Hall–Kier alpha value is -2.01. The van der Waals surface area contributed by atoms with Crippen LogP contribution in [0.5, 0.6) is 11.5 Å². The maximum Gasteiger partial charge on any atom is 0.125 e. The van der Waals surface area contributed by atoms with Crippen molar-refractivity contribution in [3.63, 3.8) is 0 Å². The maximum atomic E-state index is 6.32. The van der Waals surface area contributed by atoms with E-state index in [1.54, 1.807) is 6.21 Å². The van der Waals surface area contributed by atoms with Gasteiger partial charge in [0.15, 0.2) is 0 Å². The zero-order chi connectivity index (χ0) is 18.8. The normalized spacial score (nSPS) is 20.6. The Morgan fingerprint density at radius 2 is 1.69 bits per heavy atom. The minimum atomic E-state index is 0.245. The van der Waals surface area contributed by atoms with E-state index in [1.807, 2.05) is 19.1 Å². The van der Waals surface area contributed by atoms with Crippen LogP contribution >= 0.6 is 0 Å². The molecule has 1 aromatic carbocycles. The van der Waals surface area contributed by atoms with Crippen LogP contribution in [0.4, 0.5) is 0 Å². The van der Waals surface area contributed by atoms with E-state index in [2.05, 4.69) is 36.0 Å². The number of benzene rings is 1. The summed E-state index contributed by atoms with van der Waals surface area (Å²) in [6, 6.07) is 4.10. The topological polar surface area (TPSA) is 49.3 Å². The van der Waals surface area contributed by atoms with Crippen molar-refractivity contribution in [1.82, 2.24) is 0 Å². The molecule has 0 unspecified atom stereocenters. The van der Waals surface area contributed by atoms with E-state index in [4.69, 9.17) is 14.2 Å². The summed E-state index contributed by atoms with van der Waals surface area (Å²) in [6.45, 7) is 7.23. The van der Waals surface area contributed by atoms with Crippen LogP contribution in [0.1, 0.15) is 43.7 Å². The summed E-state index contributed by atoms with van der Waals surface area (Å²) in [5.74, 6) is 1.88. The first-order chi connectivity index (χ1) is 12.6. The van der Waals surface area contributed by atoms with E-state index in [0.29, 0.717) is 13.2 Å². The van der Waals surface area contributed by atoms with Gasteiger partial charge in [-0.3, -0.25) is 0 Å². The molecular formula is C21H31NO4. The lowest BCUT2D eigenvalue weighted by Crippen LogP contribution is -2.29. The molecule has 0 saturated heterocycles. The Balaban J connectivity index is 1.84. The van der Waals surface area contributed by atoms with Gasteiger partial charge in [0.05, 0.1) is 25.0 Å². The molecule has 1 fully saturated rings. The second kappa shape index (κ2) is 10.9. The molecule has 0 aliphatic heterocycles. The molecule has 0 atom stereocenters. The summed E-state index contributed by atoms with van der Waals surface area (Å²) < 4.78 is 17.8. The molecule has 5 heteroatoms. The van der Waals surface area contributed by atoms with Crippen LogP contribution in [-0.2, 0) is 9.57 Å². The highest BCUT2D eigenvalue weighted by atomic mass is 16.6. The van der Waals surface area contributed by atoms with Gasteiger partial charge in [-0.05, 0) is 69.7 Å². The Bertz CT molecular complexity index is 581. The molecule has 0 heterocycles. The highest BCUT2D eigenvalue weighted by Crippen LogP contribution is 2.32. The van der Waals surface area contributed by atoms with E-state index >= 15 is 0 Å². The molecule has 0 bridgehead atoms. The van der Waals surface area contributed by atoms with Gasteiger partial charge >= 0.3 is 0 Å². The summed E-state index contributed by atoms with van der Waals surface area (Å²) in [6.07, 6.45) is 10.2. The van der Waals surface area contributed by atoms with E-state index < -0.39 is 0 Å². The molecule has 0 spiro atoms. The number of allylic oxidation sites excluding steroid dienone is 1. The molecule has 0 amide bonds. The fourth-order valence-electron chi connectivity index (χ4n) is 3.19. The standard InChI is InChI=1S/C21H31NO4/c1-5-6-12-24-20-14-16(2)21(17(3)15-20)26-19-9-7-18(8-10-19)25-13-11-22-23-4/h5-6,11,14-15,18-19H,7-10,12-13H2,1-4H3/b6-5+,22-11+. The van der Waals surface area contributed by atoms with Crippen molar-refractivity contribution in [3.05, 3.63) is 35.4 Å². The Kier molecular flexibility index (Phi) is 8.48. The van der Waals surface area contributed by atoms with Gasteiger partial charge in [0, 0.05) is 0 Å². The molecule has 1 aliphatic rings. The number of hydrogen-bond donors (Lipinski definition) is 0. The third kappa shape index (κ3) is 6.37. The molecule has 1 saturated carbocycles. The molecule has 5 nitrogen and oxygen atoms in total. The van der Waals surface area contributed by atoms with Crippen molar-refractivity contribution in [1.29, 1.82) is 0 Å². The maximum absolute atomic E-state index is 6.32. The second-order valence-corrected chi connectivity index (χ2v) is 6.59. The molecule has 1 aliphatic carbocycles. The van der Waals surface area contributed by atoms with Crippen LogP contribution in [-0.4, -0.2) is 38.7 Å². The van der Waals surface area contributed by atoms with E-state index in [0.717, 1.165) is 48.3 Å². The van der Waals surface area contributed by atoms with Crippen LogP contribution in [0.3, 0.4) is 0 Å². The van der Waals surface area contributed by atoms with E-state index in [-0.39, 0.29) is 12.2 Å². The highest BCUT2D eigenvalue weighted by Gasteiger charge is 2.23. The molecule has 0 N–H and O–H groups in total. The zero-order valence-electron chi connectivity index (χ0n) is 16.4. The van der Waals surface area contributed by atoms with Gasteiger partial charge in [0.2, 0.25) is 0 Å². The third-order valence-corrected chi connectivity index (χ3v) is 4.51. The summed E-state index contributed by atoms with van der Waals surface area (Å²) >= 11 is 0. The highest BCUT2D eigenvalue weighted by molar-refractivity contribution is 5.57. The second-order valence-electron chi connectivity index (χ2n) is 6.59. The van der Waals surface area contributed by atoms with E-state index in [1.165, 1.54) is 7.11 Å². The van der Waals surface area contributed by atoms with Crippen molar-refractivity contribution < 1.29 is 19.0 Å². The average molecular weight is 361 g/mol. The lowest BCUT2D eigenvalue weighted by molar-refractivity contribution is 0.0203. The van der Waals surface area contributed by atoms with Gasteiger partial charge in [-0.25, -0.2) is 0 Å². The Morgan fingerprint density at radius 1 is 1.04 bits per heavy atom. The van der Waals surface area contributed by atoms with Crippen molar-refractivity contribution >= 4 is 6.21 Å². The summed E-state index contributed by atoms with van der Waals surface area (Å²) in [5, 5.41) is 3.69. The van der Waals surface area contributed by atoms with E-state index in [9.17, 15) is 0 Å². The third-order valence-electron chi connectivity index (χ3n) is 4.51. The van der Waals surface area contributed by atoms with Crippen molar-refractivity contribution in [2.75, 3.05) is 20.3 Å². The number of nitrogens with zero attached hydrogens (tertiary/aromatic N) is 1. The first kappa shape index (κ1) is 20.3. The number of hydrogen-bond acceptors (Lipinski definition) is 5. The number of rotatable bonds is 9. The molecule has 144 valence electrons. The van der Waals surface area contributed by atoms with Gasteiger partial charge < -0.3 is 19.0 Å². The Morgan fingerprint density at radius 3 is 2.31 bits per heavy atom. The summed E-state index contributed by atoms with van der Waals surface area (Å²) in [7, 11) is 1.53. The minimum Gasteiger partial charge on any atom is -0.490 e. The minimum absolute atomic E-state index is 0.245.